The smallest absolute Gasteiger partial charge is 0.191 e. The van der Waals surface area contributed by atoms with Gasteiger partial charge in [0.05, 0.1) is 18.8 Å². The van der Waals surface area contributed by atoms with Gasteiger partial charge in [-0.2, -0.15) is 16.9 Å². The van der Waals surface area contributed by atoms with Gasteiger partial charge in [0.1, 0.15) is 0 Å². The second-order valence-corrected chi connectivity index (χ2v) is 6.76. The highest BCUT2D eigenvalue weighted by atomic mass is 32.2. The minimum Gasteiger partial charge on any atom is -0.357 e. The summed E-state index contributed by atoms with van der Waals surface area (Å²) in [4.78, 5) is 6.93. The quantitative estimate of drug-likeness (QED) is 0.386. The number of thioether (sulfide) groups is 1. The largest absolute Gasteiger partial charge is 0.357 e. The molecule has 1 atom stereocenters. The molecule has 7 heteroatoms. The van der Waals surface area contributed by atoms with Gasteiger partial charge in [-0.05, 0) is 45.9 Å². The van der Waals surface area contributed by atoms with Crippen molar-refractivity contribution in [2.75, 3.05) is 45.7 Å². The Hall–Kier alpha value is -1.21. The van der Waals surface area contributed by atoms with Gasteiger partial charge in [-0.3, -0.25) is 9.67 Å². The highest BCUT2D eigenvalue weighted by Gasteiger charge is 2.15. The maximum absolute atomic E-state index is 4.75. The molecule has 1 aromatic rings. The van der Waals surface area contributed by atoms with Crippen LogP contribution in [-0.2, 0) is 7.05 Å². The van der Waals surface area contributed by atoms with Crippen LogP contribution in [0.4, 0.5) is 0 Å². The number of rotatable bonds is 10. The first kappa shape index (κ1) is 19.8. The van der Waals surface area contributed by atoms with Crippen LogP contribution < -0.4 is 10.6 Å². The highest BCUT2D eigenvalue weighted by Crippen LogP contribution is 2.17. The minimum atomic E-state index is 0.232. The SMILES string of the molecule is CCNC(=NCC(c1cnn(C)c1)N(C)C)NCCCCSC. The Bertz CT molecular complexity index is 457. The number of aliphatic imine (C=N–C) groups is 1. The van der Waals surface area contributed by atoms with Gasteiger partial charge in [-0.1, -0.05) is 0 Å². The third-order valence-electron chi connectivity index (χ3n) is 3.57. The zero-order chi connectivity index (χ0) is 17.1. The molecule has 0 saturated heterocycles. The number of unbranched alkanes of at least 4 members (excludes halogenated alkanes) is 1. The lowest BCUT2D eigenvalue weighted by Crippen LogP contribution is -2.38. The summed E-state index contributed by atoms with van der Waals surface area (Å²) in [6.45, 7) is 4.64. The Morgan fingerprint density at radius 3 is 2.74 bits per heavy atom. The molecule has 0 fully saturated rings. The van der Waals surface area contributed by atoms with Crippen molar-refractivity contribution in [1.82, 2.24) is 25.3 Å². The molecule has 0 bridgehead atoms. The van der Waals surface area contributed by atoms with Crippen LogP contribution in [0.15, 0.2) is 17.4 Å². The summed E-state index contributed by atoms with van der Waals surface area (Å²) < 4.78 is 1.84. The van der Waals surface area contributed by atoms with E-state index in [-0.39, 0.29) is 6.04 Å². The van der Waals surface area contributed by atoms with Crippen molar-refractivity contribution < 1.29 is 0 Å². The number of nitrogens with zero attached hydrogens (tertiary/aromatic N) is 4. The monoisotopic (exact) mass is 340 g/mol. The van der Waals surface area contributed by atoms with E-state index in [4.69, 9.17) is 4.99 Å². The molecule has 0 amide bonds. The molecule has 2 N–H and O–H groups in total. The molecule has 0 aliphatic rings. The fourth-order valence-electron chi connectivity index (χ4n) is 2.28. The van der Waals surface area contributed by atoms with Crippen LogP contribution in [0.1, 0.15) is 31.4 Å². The molecular formula is C16H32N6S. The molecule has 0 radical (unpaired) electrons. The topological polar surface area (TPSA) is 57.5 Å². The number of aryl methyl sites for hydroxylation is 1. The number of guanidine groups is 1. The van der Waals surface area contributed by atoms with Gasteiger partial charge in [0, 0.05) is 31.9 Å². The summed E-state index contributed by atoms with van der Waals surface area (Å²) in [5.74, 6) is 2.12. The predicted octanol–water partition coefficient (Wildman–Crippen LogP) is 1.72. The van der Waals surface area contributed by atoms with E-state index in [1.165, 1.54) is 24.2 Å². The summed E-state index contributed by atoms with van der Waals surface area (Å²) in [7, 11) is 6.10. The van der Waals surface area contributed by atoms with Gasteiger partial charge in [-0.25, -0.2) is 0 Å². The van der Waals surface area contributed by atoms with Gasteiger partial charge in [-0.15, -0.1) is 0 Å². The normalized spacial score (nSPS) is 13.4. The fraction of sp³-hybridized carbons (Fsp3) is 0.750. The number of nitrogens with one attached hydrogen (secondary N) is 2. The average molecular weight is 341 g/mol. The Kier molecular flexibility index (Phi) is 9.78. The van der Waals surface area contributed by atoms with Crippen LogP contribution in [0.3, 0.4) is 0 Å². The summed E-state index contributed by atoms with van der Waals surface area (Å²) in [5.41, 5.74) is 1.19. The van der Waals surface area contributed by atoms with Gasteiger partial charge >= 0.3 is 0 Å². The number of likely N-dealkylation sites (N-methyl/N-ethyl adjacent to an activating group) is 1. The van der Waals surface area contributed by atoms with E-state index in [1.807, 2.05) is 29.7 Å². The molecule has 0 aliphatic carbocycles. The highest BCUT2D eigenvalue weighted by molar-refractivity contribution is 7.98. The van der Waals surface area contributed by atoms with Crippen molar-refractivity contribution in [1.29, 1.82) is 0 Å². The Morgan fingerprint density at radius 2 is 2.17 bits per heavy atom. The summed E-state index contributed by atoms with van der Waals surface area (Å²) in [6, 6.07) is 0.232. The summed E-state index contributed by atoms with van der Waals surface area (Å²) >= 11 is 1.90. The standard InChI is InChI=1S/C16H32N6S/c1-6-17-16(18-9-7-8-10-23-5)19-12-15(21(2)3)14-11-20-22(4)13-14/h11,13,15H,6-10,12H2,1-5H3,(H2,17,18,19). The van der Waals surface area contributed by atoms with E-state index in [0.29, 0.717) is 6.54 Å². The second-order valence-electron chi connectivity index (χ2n) is 5.77. The minimum absolute atomic E-state index is 0.232. The van der Waals surface area contributed by atoms with Gasteiger partial charge < -0.3 is 15.5 Å². The molecule has 1 heterocycles. The van der Waals surface area contributed by atoms with Crippen LogP contribution in [0, 0.1) is 0 Å². The van der Waals surface area contributed by atoms with E-state index in [0.717, 1.165) is 19.0 Å². The third-order valence-corrected chi connectivity index (χ3v) is 4.26. The van der Waals surface area contributed by atoms with Gasteiger partial charge in [0.15, 0.2) is 5.96 Å². The molecule has 0 aliphatic heterocycles. The first-order valence-corrected chi connectivity index (χ1v) is 9.64. The zero-order valence-corrected chi connectivity index (χ0v) is 16.0. The first-order valence-electron chi connectivity index (χ1n) is 8.24. The van der Waals surface area contributed by atoms with E-state index >= 15 is 0 Å². The maximum atomic E-state index is 4.75. The molecule has 132 valence electrons. The van der Waals surface area contributed by atoms with Crippen molar-refractivity contribution in [2.45, 2.75) is 25.8 Å². The fourth-order valence-corrected chi connectivity index (χ4v) is 2.77. The average Bonchev–Trinajstić information content (AvgIpc) is 2.93. The number of aromatic nitrogens is 2. The summed E-state index contributed by atoms with van der Waals surface area (Å²) in [6.07, 6.45) is 8.54. The van der Waals surface area contributed by atoms with E-state index < -0.39 is 0 Å². The van der Waals surface area contributed by atoms with Crippen molar-refractivity contribution in [3.63, 3.8) is 0 Å². The lowest BCUT2D eigenvalue weighted by atomic mass is 10.1. The lowest BCUT2D eigenvalue weighted by Gasteiger charge is -2.22. The molecule has 1 unspecified atom stereocenters. The molecule has 0 aromatic carbocycles. The zero-order valence-electron chi connectivity index (χ0n) is 15.2. The van der Waals surface area contributed by atoms with Crippen LogP contribution in [-0.4, -0.2) is 66.4 Å². The van der Waals surface area contributed by atoms with E-state index in [2.05, 4.69) is 54.1 Å². The van der Waals surface area contributed by atoms with E-state index in [1.54, 1.807) is 0 Å². The Labute approximate surface area is 145 Å². The number of hydrogen-bond acceptors (Lipinski definition) is 4. The second kappa shape index (κ2) is 11.3. The molecule has 23 heavy (non-hydrogen) atoms. The number of hydrogen-bond donors (Lipinski definition) is 2. The first-order chi connectivity index (χ1) is 11.1. The lowest BCUT2D eigenvalue weighted by molar-refractivity contribution is 0.306. The van der Waals surface area contributed by atoms with Gasteiger partial charge in [0.25, 0.3) is 0 Å². The van der Waals surface area contributed by atoms with Crippen molar-refractivity contribution >= 4 is 17.7 Å². The molecule has 1 rings (SSSR count). The molecule has 1 aromatic heterocycles. The maximum Gasteiger partial charge on any atom is 0.191 e. The van der Waals surface area contributed by atoms with Crippen LogP contribution >= 0.6 is 11.8 Å². The van der Waals surface area contributed by atoms with Crippen LogP contribution in [0.5, 0.6) is 0 Å². The molecule has 0 spiro atoms. The van der Waals surface area contributed by atoms with Crippen molar-refractivity contribution in [2.24, 2.45) is 12.0 Å². The van der Waals surface area contributed by atoms with Crippen LogP contribution in [0.25, 0.3) is 0 Å². The molecular weight excluding hydrogens is 308 g/mol. The Morgan fingerprint density at radius 1 is 1.39 bits per heavy atom. The third kappa shape index (κ3) is 7.74. The van der Waals surface area contributed by atoms with Gasteiger partial charge in [0.2, 0.25) is 0 Å². The molecule has 6 nitrogen and oxygen atoms in total. The van der Waals surface area contributed by atoms with Crippen LogP contribution in [0.2, 0.25) is 0 Å². The van der Waals surface area contributed by atoms with E-state index in [9.17, 15) is 0 Å². The Balaban J connectivity index is 2.58. The molecule has 0 saturated carbocycles. The summed E-state index contributed by atoms with van der Waals surface area (Å²) in [5, 5.41) is 11.0. The van der Waals surface area contributed by atoms with Crippen molar-refractivity contribution in [3.05, 3.63) is 18.0 Å². The predicted molar refractivity (Wildman–Crippen MR) is 101 cm³/mol. The van der Waals surface area contributed by atoms with Crippen molar-refractivity contribution in [3.8, 4) is 0 Å².